The number of para-hydroxylation sites is 2. The maximum Gasteiger partial charge on any atom is 0.573 e. The molecule has 0 spiro atoms. The van der Waals surface area contributed by atoms with Crippen molar-refractivity contribution in [2.75, 3.05) is 13.1 Å². The van der Waals surface area contributed by atoms with Crippen LogP contribution in [-0.2, 0) is 0 Å². The normalized spacial score (nSPS) is 16.7. The summed E-state index contributed by atoms with van der Waals surface area (Å²) in [4.78, 5) is 9.01. The van der Waals surface area contributed by atoms with E-state index in [1.165, 1.54) is 12.1 Å². The van der Waals surface area contributed by atoms with Crippen LogP contribution in [0.2, 0.25) is 0 Å². The summed E-state index contributed by atoms with van der Waals surface area (Å²) in [5.74, 6) is 1.24. The van der Waals surface area contributed by atoms with Crippen LogP contribution in [0.5, 0.6) is 5.75 Å². The van der Waals surface area contributed by atoms with Gasteiger partial charge in [-0.15, -0.1) is 13.2 Å². The Bertz CT molecular complexity index is 869. The summed E-state index contributed by atoms with van der Waals surface area (Å²) in [6.07, 6.45) is -2.68. The molecule has 0 unspecified atom stereocenters. The average molecular weight is 393 g/mol. The van der Waals surface area contributed by atoms with Crippen LogP contribution >= 0.6 is 11.9 Å². The van der Waals surface area contributed by atoms with E-state index in [1.807, 2.05) is 24.3 Å². The van der Waals surface area contributed by atoms with Crippen molar-refractivity contribution in [2.45, 2.75) is 30.0 Å². The zero-order chi connectivity index (χ0) is 18.9. The molecule has 1 aromatic heterocycles. The van der Waals surface area contributed by atoms with Gasteiger partial charge in [-0.3, -0.25) is 0 Å². The van der Waals surface area contributed by atoms with Crippen LogP contribution < -0.4 is 4.74 Å². The molecule has 1 aliphatic rings. The maximum absolute atomic E-state index is 12.2. The predicted molar refractivity (Wildman–Crippen MR) is 98.6 cm³/mol. The topological polar surface area (TPSA) is 41.1 Å². The van der Waals surface area contributed by atoms with E-state index in [2.05, 4.69) is 14.0 Å². The number of ether oxygens (including phenoxy) is 1. The van der Waals surface area contributed by atoms with E-state index in [1.54, 1.807) is 24.1 Å². The standard InChI is InChI=1S/C19H18F3N3OS/c20-19(21,22)26-14-5-7-15(8-6-14)27-25-11-9-13(10-12-25)18-23-16-3-1-2-4-17(16)24-18/h1-8,13H,9-12H2,(H,23,24). The highest BCUT2D eigenvalue weighted by molar-refractivity contribution is 7.97. The van der Waals surface area contributed by atoms with E-state index in [-0.39, 0.29) is 5.75 Å². The summed E-state index contributed by atoms with van der Waals surface area (Å²) in [6.45, 7) is 1.79. The first-order valence-electron chi connectivity index (χ1n) is 8.70. The van der Waals surface area contributed by atoms with Crippen molar-refractivity contribution in [3.05, 3.63) is 54.4 Å². The Hall–Kier alpha value is -2.19. The van der Waals surface area contributed by atoms with Gasteiger partial charge in [0, 0.05) is 23.9 Å². The lowest BCUT2D eigenvalue weighted by Gasteiger charge is -2.30. The summed E-state index contributed by atoms with van der Waals surface area (Å²) in [7, 11) is 0. The van der Waals surface area contributed by atoms with Crippen LogP contribution in [-0.4, -0.2) is 33.7 Å². The van der Waals surface area contributed by atoms with Crippen LogP contribution in [0.3, 0.4) is 0 Å². The van der Waals surface area contributed by atoms with E-state index < -0.39 is 6.36 Å². The van der Waals surface area contributed by atoms with Crippen LogP contribution in [0, 0.1) is 0 Å². The average Bonchev–Trinajstić information content (AvgIpc) is 3.07. The minimum Gasteiger partial charge on any atom is -0.406 e. The van der Waals surface area contributed by atoms with E-state index in [0.29, 0.717) is 5.92 Å². The second kappa shape index (κ2) is 7.44. The van der Waals surface area contributed by atoms with Crippen LogP contribution in [0.4, 0.5) is 13.2 Å². The molecule has 0 radical (unpaired) electrons. The first-order chi connectivity index (χ1) is 13.0. The number of hydrogen-bond acceptors (Lipinski definition) is 4. The molecule has 3 aromatic rings. The van der Waals surface area contributed by atoms with Crippen molar-refractivity contribution in [1.29, 1.82) is 0 Å². The number of aromatic amines is 1. The van der Waals surface area contributed by atoms with E-state index >= 15 is 0 Å². The molecule has 0 saturated carbocycles. The summed E-state index contributed by atoms with van der Waals surface area (Å²) >= 11 is 1.56. The maximum atomic E-state index is 12.2. The summed E-state index contributed by atoms with van der Waals surface area (Å²) < 4.78 is 42.8. The minimum absolute atomic E-state index is 0.199. The fourth-order valence-corrected chi connectivity index (χ4v) is 4.19. The fraction of sp³-hybridized carbons (Fsp3) is 0.316. The quantitative estimate of drug-likeness (QED) is 0.607. The lowest BCUT2D eigenvalue weighted by molar-refractivity contribution is -0.274. The monoisotopic (exact) mass is 393 g/mol. The number of nitrogens with zero attached hydrogens (tertiary/aromatic N) is 2. The van der Waals surface area contributed by atoms with Gasteiger partial charge in [0.25, 0.3) is 0 Å². The van der Waals surface area contributed by atoms with Crippen molar-refractivity contribution in [2.24, 2.45) is 0 Å². The summed E-state index contributed by atoms with van der Waals surface area (Å²) in [6, 6.07) is 14.0. The number of H-pyrrole nitrogens is 1. The molecule has 1 N–H and O–H groups in total. The molecule has 4 nitrogen and oxygen atoms in total. The molecule has 0 aliphatic carbocycles. The highest BCUT2D eigenvalue weighted by atomic mass is 32.2. The number of hydrogen-bond donors (Lipinski definition) is 1. The molecule has 1 aliphatic heterocycles. The Morgan fingerprint density at radius 1 is 1.04 bits per heavy atom. The Kier molecular flexibility index (Phi) is 5.01. The molecule has 2 aromatic carbocycles. The number of alkyl halides is 3. The van der Waals surface area contributed by atoms with Gasteiger partial charge in [-0.2, -0.15) is 0 Å². The minimum atomic E-state index is -4.66. The molecular weight excluding hydrogens is 375 g/mol. The third-order valence-electron chi connectivity index (χ3n) is 4.54. The van der Waals surface area contributed by atoms with Gasteiger partial charge in [0.15, 0.2) is 0 Å². The highest BCUT2D eigenvalue weighted by Crippen LogP contribution is 2.34. The van der Waals surface area contributed by atoms with Gasteiger partial charge in [0.05, 0.1) is 11.0 Å². The Morgan fingerprint density at radius 3 is 2.41 bits per heavy atom. The highest BCUT2D eigenvalue weighted by Gasteiger charge is 2.31. The van der Waals surface area contributed by atoms with Crippen molar-refractivity contribution < 1.29 is 17.9 Å². The Morgan fingerprint density at radius 2 is 1.74 bits per heavy atom. The van der Waals surface area contributed by atoms with E-state index in [9.17, 15) is 13.2 Å². The molecule has 0 bridgehead atoms. The molecule has 1 fully saturated rings. The van der Waals surface area contributed by atoms with Gasteiger partial charge in [-0.05, 0) is 61.2 Å². The predicted octanol–water partition coefficient (Wildman–Crippen LogP) is 5.35. The SMILES string of the molecule is FC(F)(F)Oc1ccc(SN2CCC(c3nc4ccccc4[nH]3)CC2)cc1. The van der Waals surface area contributed by atoms with Gasteiger partial charge < -0.3 is 9.72 Å². The molecule has 8 heteroatoms. The zero-order valence-electron chi connectivity index (χ0n) is 14.4. The molecule has 2 heterocycles. The lowest BCUT2D eigenvalue weighted by Crippen LogP contribution is -2.27. The van der Waals surface area contributed by atoms with E-state index in [4.69, 9.17) is 4.98 Å². The van der Waals surface area contributed by atoms with Gasteiger partial charge in [0.1, 0.15) is 11.6 Å². The third kappa shape index (κ3) is 4.56. The van der Waals surface area contributed by atoms with Gasteiger partial charge in [0.2, 0.25) is 0 Å². The number of rotatable bonds is 4. The molecular formula is C19H18F3N3OS. The first kappa shape index (κ1) is 18.2. The molecule has 1 saturated heterocycles. The van der Waals surface area contributed by atoms with Crippen LogP contribution in [0.25, 0.3) is 11.0 Å². The van der Waals surface area contributed by atoms with Crippen LogP contribution in [0.1, 0.15) is 24.6 Å². The number of fused-ring (bicyclic) bond motifs is 1. The number of halogens is 3. The van der Waals surface area contributed by atoms with Crippen molar-refractivity contribution in [1.82, 2.24) is 14.3 Å². The van der Waals surface area contributed by atoms with Crippen molar-refractivity contribution >= 4 is 23.0 Å². The third-order valence-corrected chi connectivity index (χ3v) is 5.65. The van der Waals surface area contributed by atoms with Gasteiger partial charge >= 0.3 is 6.36 Å². The first-order valence-corrected chi connectivity index (χ1v) is 9.47. The number of aromatic nitrogens is 2. The number of nitrogens with one attached hydrogen (secondary N) is 1. The molecule has 0 atom stereocenters. The van der Waals surface area contributed by atoms with Crippen molar-refractivity contribution in [3.63, 3.8) is 0 Å². The second-order valence-electron chi connectivity index (χ2n) is 6.45. The van der Waals surface area contributed by atoms with Gasteiger partial charge in [-0.1, -0.05) is 12.1 Å². The van der Waals surface area contributed by atoms with Crippen LogP contribution in [0.15, 0.2) is 53.4 Å². The van der Waals surface area contributed by atoms with Gasteiger partial charge in [-0.25, -0.2) is 9.29 Å². The number of piperidine rings is 1. The lowest BCUT2D eigenvalue weighted by atomic mass is 9.97. The Labute approximate surface area is 158 Å². The molecule has 27 heavy (non-hydrogen) atoms. The zero-order valence-corrected chi connectivity index (χ0v) is 15.2. The summed E-state index contributed by atoms with van der Waals surface area (Å²) in [5, 5.41) is 0. The second-order valence-corrected chi connectivity index (χ2v) is 7.62. The number of benzene rings is 2. The number of imidazole rings is 1. The van der Waals surface area contributed by atoms with Crippen molar-refractivity contribution in [3.8, 4) is 5.75 Å². The largest absolute Gasteiger partial charge is 0.573 e. The fourth-order valence-electron chi connectivity index (χ4n) is 3.24. The molecule has 4 rings (SSSR count). The molecule has 0 amide bonds. The smallest absolute Gasteiger partial charge is 0.406 e. The van der Waals surface area contributed by atoms with E-state index in [0.717, 1.165) is 47.7 Å². The summed E-state index contributed by atoms with van der Waals surface area (Å²) in [5.41, 5.74) is 2.05. The molecule has 142 valence electrons. The Balaban J connectivity index is 1.32.